The van der Waals surface area contributed by atoms with Crippen LogP contribution in [-0.4, -0.2) is 42.3 Å². The zero-order valence-corrected chi connectivity index (χ0v) is 9.51. The quantitative estimate of drug-likeness (QED) is 0.797. The third-order valence-corrected chi connectivity index (χ3v) is 2.24. The van der Waals surface area contributed by atoms with E-state index in [2.05, 4.69) is 10.2 Å². The molecule has 0 N–H and O–H groups in total. The van der Waals surface area contributed by atoms with Gasteiger partial charge in [-0.2, -0.15) is 5.10 Å². The maximum absolute atomic E-state index is 5.84. The number of nitrogens with zero attached hydrogens (tertiary/aromatic N) is 3. The highest BCUT2D eigenvalue weighted by atomic mass is 35.5. The van der Waals surface area contributed by atoms with Crippen molar-refractivity contribution in [2.75, 3.05) is 27.2 Å². The summed E-state index contributed by atoms with van der Waals surface area (Å²) in [5.41, 5.74) is 0. The van der Waals surface area contributed by atoms with Gasteiger partial charge in [0, 0.05) is 6.54 Å². The van der Waals surface area contributed by atoms with E-state index in [9.17, 15) is 0 Å². The Hall–Kier alpha value is -0.580. The molecular weight excluding hydrogens is 225 g/mol. The van der Waals surface area contributed by atoms with Gasteiger partial charge >= 0.3 is 0 Å². The van der Waals surface area contributed by atoms with Gasteiger partial charge in [-0.25, -0.2) is 0 Å². The SMILES string of the molecule is CN(C)CCOc1cnnc(Cl)c1Cl. The first kappa shape index (κ1) is 11.5. The first-order valence-electron chi connectivity index (χ1n) is 4.05. The molecule has 0 saturated carbocycles. The number of aromatic nitrogens is 2. The molecule has 0 amide bonds. The minimum Gasteiger partial charge on any atom is -0.489 e. The van der Waals surface area contributed by atoms with E-state index in [0.29, 0.717) is 17.4 Å². The summed E-state index contributed by atoms with van der Waals surface area (Å²) in [4.78, 5) is 2.00. The predicted octanol–water partition coefficient (Wildman–Crippen LogP) is 1.72. The molecule has 0 unspecified atom stereocenters. The van der Waals surface area contributed by atoms with Crippen molar-refractivity contribution in [2.24, 2.45) is 0 Å². The molecule has 0 bridgehead atoms. The summed E-state index contributed by atoms with van der Waals surface area (Å²) in [5, 5.41) is 7.68. The van der Waals surface area contributed by atoms with Gasteiger partial charge in [-0.1, -0.05) is 23.2 Å². The van der Waals surface area contributed by atoms with Gasteiger partial charge in [-0.05, 0) is 14.1 Å². The number of rotatable bonds is 4. The van der Waals surface area contributed by atoms with Gasteiger partial charge in [0.15, 0.2) is 10.9 Å². The van der Waals surface area contributed by atoms with E-state index in [1.807, 2.05) is 19.0 Å². The fraction of sp³-hybridized carbons (Fsp3) is 0.500. The average molecular weight is 236 g/mol. The fourth-order valence-corrected chi connectivity index (χ4v) is 1.05. The first-order chi connectivity index (χ1) is 6.61. The highest BCUT2D eigenvalue weighted by molar-refractivity contribution is 6.42. The summed E-state index contributed by atoms with van der Waals surface area (Å²) in [6.07, 6.45) is 1.45. The second kappa shape index (κ2) is 5.34. The molecule has 1 aromatic heterocycles. The van der Waals surface area contributed by atoms with Crippen molar-refractivity contribution in [2.45, 2.75) is 0 Å². The monoisotopic (exact) mass is 235 g/mol. The van der Waals surface area contributed by atoms with Gasteiger partial charge in [0.1, 0.15) is 11.6 Å². The molecule has 0 saturated heterocycles. The van der Waals surface area contributed by atoms with Crippen LogP contribution in [0.5, 0.6) is 5.75 Å². The molecule has 0 aliphatic rings. The van der Waals surface area contributed by atoms with Crippen LogP contribution < -0.4 is 4.74 Å². The maximum Gasteiger partial charge on any atom is 0.174 e. The summed E-state index contributed by atoms with van der Waals surface area (Å²) < 4.78 is 5.37. The molecule has 14 heavy (non-hydrogen) atoms. The Bertz CT molecular complexity index is 307. The van der Waals surface area contributed by atoms with E-state index in [-0.39, 0.29) is 5.15 Å². The third-order valence-electron chi connectivity index (χ3n) is 1.51. The van der Waals surface area contributed by atoms with Gasteiger partial charge in [-0.3, -0.25) is 0 Å². The molecule has 0 aliphatic heterocycles. The molecule has 0 radical (unpaired) electrons. The zero-order valence-electron chi connectivity index (χ0n) is 8.00. The van der Waals surface area contributed by atoms with E-state index in [4.69, 9.17) is 27.9 Å². The standard InChI is InChI=1S/C8H11Cl2N3O/c1-13(2)3-4-14-6-5-11-12-8(10)7(6)9/h5H,3-4H2,1-2H3. The first-order valence-corrected chi connectivity index (χ1v) is 4.81. The molecule has 0 aromatic carbocycles. The van der Waals surface area contributed by atoms with Crippen LogP contribution >= 0.6 is 23.2 Å². The molecule has 4 nitrogen and oxygen atoms in total. The molecule has 1 rings (SSSR count). The van der Waals surface area contributed by atoms with Crippen LogP contribution in [0, 0.1) is 0 Å². The van der Waals surface area contributed by atoms with Crippen molar-refractivity contribution >= 4 is 23.2 Å². The van der Waals surface area contributed by atoms with Gasteiger partial charge in [-0.15, -0.1) is 5.10 Å². The zero-order chi connectivity index (χ0) is 10.6. The van der Waals surface area contributed by atoms with E-state index in [0.717, 1.165) is 6.54 Å². The molecule has 1 heterocycles. The third kappa shape index (κ3) is 3.29. The van der Waals surface area contributed by atoms with Crippen LogP contribution in [0.25, 0.3) is 0 Å². The van der Waals surface area contributed by atoms with Crippen molar-refractivity contribution in [1.29, 1.82) is 0 Å². The van der Waals surface area contributed by atoms with Crippen LogP contribution in [0.2, 0.25) is 10.2 Å². The Kier molecular flexibility index (Phi) is 4.38. The Morgan fingerprint density at radius 2 is 2.14 bits per heavy atom. The molecule has 78 valence electrons. The Morgan fingerprint density at radius 3 is 2.79 bits per heavy atom. The summed E-state index contributed by atoms with van der Waals surface area (Å²) >= 11 is 11.5. The van der Waals surface area contributed by atoms with Crippen molar-refractivity contribution in [3.8, 4) is 5.75 Å². The number of halogens is 2. The number of likely N-dealkylation sites (N-methyl/N-ethyl adjacent to an activating group) is 1. The summed E-state index contributed by atoms with van der Waals surface area (Å²) in [6, 6.07) is 0. The Labute approximate surface area is 92.8 Å². The largest absolute Gasteiger partial charge is 0.489 e. The molecule has 6 heteroatoms. The lowest BCUT2D eigenvalue weighted by molar-refractivity contribution is 0.260. The van der Waals surface area contributed by atoms with E-state index >= 15 is 0 Å². The van der Waals surface area contributed by atoms with Crippen LogP contribution in [0.3, 0.4) is 0 Å². The van der Waals surface area contributed by atoms with Crippen LogP contribution in [0.4, 0.5) is 0 Å². The van der Waals surface area contributed by atoms with E-state index < -0.39 is 0 Å². The van der Waals surface area contributed by atoms with Crippen molar-refractivity contribution in [3.05, 3.63) is 16.4 Å². The number of hydrogen-bond donors (Lipinski definition) is 0. The highest BCUT2D eigenvalue weighted by Gasteiger charge is 2.07. The van der Waals surface area contributed by atoms with Crippen molar-refractivity contribution in [1.82, 2.24) is 15.1 Å². The van der Waals surface area contributed by atoms with E-state index in [1.165, 1.54) is 6.20 Å². The van der Waals surface area contributed by atoms with Gasteiger partial charge in [0.05, 0.1) is 6.20 Å². The molecule has 1 aromatic rings. The maximum atomic E-state index is 5.84. The molecule has 0 fully saturated rings. The number of ether oxygens (including phenoxy) is 1. The van der Waals surface area contributed by atoms with Crippen molar-refractivity contribution in [3.63, 3.8) is 0 Å². The number of hydrogen-bond acceptors (Lipinski definition) is 4. The lowest BCUT2D eigenvalue weighted by atomic mass is 10.5. The molecular formula is C8H11Cl2N3O. The molecule has 0 aliphatic carbocycles. The van der Waals surface area contributed by atoms with Crippen LogP contribution in [-0.2, 0) is 0 Å². The average Bonchev–Trinajstić information content (AvgIpc) is 2.12. The second-order valence-corrected chi connectivity index (χ2v) is 3.70. The van der Waals surface area contributed by atoms with Crippen molar-refractivity contribution < 1.29 is 4.74 Å². The second-order valence-electron chi connectivity index (χ2n) is 2.97. The summed E-state index contributed by atoms with van der Waals surface area (Å²) in [6.45, 7) is 1.34. The lowest BCUT2D eigenvalue weighted by Gasteiger charge is -2.11. The van der Waals surface area contributed by atoms with Crippen LogP contribution in [0.1, 0.15) is 0 Å². The highest BCUT2D eigenvalue weighted by Crippen LogP contribution is 2.28. The fourth-order valence-electron chi connectivity index (χ4n) is 0.773. The molecule has 0 atom stereocenters. The minimum absolute atomic E-state index is 0.161. The lowest BCUT2D eigenvalue weighted by Crippen LogP contribution is -2.19. The Balaban J connectivity index is 2.54. The molecule has 0 spiro atoms. The van der Waals surface area contributed by atoms with Gasteiger partial charge < -0.3 is 9.64 Å². The normalized spacial score (nSPS) is 10.6. The minimum atomic E-state index is 0.161. The van der Waals surface area contributed by atoms with Gasteiger partial charge in [0.25, 0.3) is 0 Å². The summed E-state index contributed by atoms with van der Waals surface area (Å²) in [7, 11) is 3.92. The van der Waals surface area contributed by atoms with Crippen LogP contribution in [0.15, 0.2) is 6.20 Å². The predicted molar refractivity (Wildman–Crippen MR) is 56.1 cm³/mol. The Morgan fingerprint density at radius 1 is 1.43 bits per heavy atom. The topological polar surface area (TPSA) is 38.2 Å². The smallest absolute Gasteiger partial charge is 0.174 e. The van der Waals surface area contributed by atoms with E-state index in [1.54, 1.807) is 0 Å². The summed E-state index contributed by atoms with van der Waals surface area (Å²) in [5.74, 6) is 0.466. The van der Waals surface area contributed by atoms with Gasteiger partial charge in [0.2, 0.25) is 0 Å².